The van der Waals surface area contributed by atoms with Crippen molar-refractivity contribution < 1.29 is 4.79 Å². The maximum absolute atomic E-state index is 12.4. The average Bonchev–Trinajstić information content (AvgIpc) is 3.31. The van der Waals surface area contributed by atoms with Crippen molar-refractivity contribution in [2.45, 2.75) is 25.6 Å². The molecule has 1 amide bonds. The average molecular weight is 340 g/mol. The van der Waals surface area contributed by atoms with Gasteiger partial charge in [-0.1, -0.05) is 12.1 Å². The van der Waals surface area contributed by atoms with Crippen LogP contribution in [0.4, 0.5) is 0 Å². The Morgan fingerprint density at radius 1 is 1.33 bits per heavy atom. The van der Waals surface area contributed by atoms with Crippen LogP contribution in [0.15, 0.2) is 47.4 Å². The second-order valence-electron chi connectivity index (χ2n) is 6.28. The molecule has 4 rings (SSSR count). The number of benzene rings is 1. The second kappa shape index (κ2) is 6.75. The molecule has 0 radical (unpaired) electrons. The Morgan fingerprint density at radius 3 is 3.12 bits per heavy atom. The highest BCUT2D eigenvalue weighted by atomic mass is 32.1. The molecular weight excluding hydrogens is 320 g/mol. The minimum absolute atomic E-state index is 0.0561. The van der Waals surface area contributed by atoms with E-state index in [1.807, 2.05) is 28.8 Å². The molecule has 1 aromatic carbocycles. The number of carbonyl (C=O) groups is 1. The van der Waals surface area contributed by atoms with Crippen LogP contribution in [0.5, 0.6) is 0 Å². The number of hydrogen-bond acceptors (Lipinski definition) is 4. The van der Waals surface area contributed by atoms with Gasteiger partial charge in [0.25, 0.3) is 0 Å². The molecule has 24 heavy (non-hydrogen) atoms. The lowest BCUT2D eigenvalue weighted by atomic mass is 10.2. The van der Waals surface area contributed by atoms with Crippen LogP contribution in [-0.4, -0.2) is 39.5 Å². The lowest BCUT2D eigenvalue weighted by Crippen LogP contribution is -2.38. The van der Waals surface area contributed by atoms with Gasteiger partial charge in [-0.2, -0.15) is 11.3 Å². The van der Waals surface area contributed by atoms with Gasteiger partial charge in [0.1, 0.15) is 6.54 Å². The minimum atomic E-state index is 0.0561. The molecule has 3 aromatic rings. The number of nitrogens with zero attached hydrogens (tertiary/aromatic N) is 3. The summed E-state index contributed by atoms with van der Waals surface area (Å²) in [6, 6.07) is 10.3. The number of aromatic nitrogens is 2. The lowest BCUT2D eigenvalue weighted by Gasteiger charge is -2.16. The predicted molar refractivity (Wildman–Crippen MR) is 95.9 cm³/mol. The quantitative estimate of drug-likeness (QED) is 0.776. The Bertz CT molecular complexity index is 827. The summed E-state index contributed by atoms with van der Waals surface area (Å²) >= 11 is 1.73. The van der Waals surface area contributed by atoms with Crippen LogP contribution in [0.3, 0.4) is 0 Å². The van der Waals surface area contributed by atoms with Gasteiger partial charge < -0.3 is 9.88 Å². The molecule has 1 aliphatic heterocycles. The van der Waals surface area contributed by atoms with Crippen LogP contribution in [-0.2, 0) is 17.9 Å². The number of carbonyl (C=O) groups excluding carboxylic acids is 1. The fraction of sp³-hybridized carbons (Fsp3) is 0.333. The summed E-state index contributed by atoms with van der Waals surface area (Å²) in [7, 11) is 0. The standard InChI is InChI=1S/C18H20N4OS/c23-18(11-22-13-19-16-3-1-2-4-17(16)22)20-15-5-7-21(10-15)9-14-6-8-24-12-14/h1-4,6,8,12-13,15H,5,7,9-11H2,(H,20,23). The molecule has 0 bridgehead atoms. The maximum Gasteiger partial charge on any atom is 0.240 e. The summed E-state index contributed by atoms with van der Waals surface area (Å²) in [6.45, 7) is 3.25. The molecule has 6 heteroatoms. The van der Waals surface area contributed by atoms with Gasteiger partial charge in [0.05, 0.1) is 17.4 Å². The van der Waals surface area contributed by atoms with E-state index < -0.39 is 0 Å². The van der Waals surface area contributed by atoms with Crippen molar-refractivity contribution in [2.24, 2.45) is 0 Å². The molecule has 3 heterocycles. The van der Waals surface area contributed by atoms with Crippen LogP contribution >= 0.6 is 11.3 Å². The van der Waals surface area contributed by atoms with E-state index >= 15 is 0 Å². The predicted octanol–water partition coefficient (Wildman–Crippen LogP) is 2.49. The zero-order chi connectivity index (χ0) is 16.4. The molecule has 0 aliphatic carbocycles. The third-order valence-corrected chi connectivity index (χ3v) is 5.20. The van der Waals surface area contributed by atoms with Crippen LogP contribution in [0, 0.1) is 0 Å². The van der Waals surface area contributed by atoms with E-state index in [2.05, 4.69) is 32.0 Å². The Morgan fingerprint density at radius 2 is 2.25 bits per heavy atom. The Kier molecular flexibility index (Phi) is 4.32. The molecule has 2 aromatic heterocycles. The first-order chi connectivity index (χ1) is 11.8. The zero-order valence-electron chi connectivity index (χ0n) is 13.4. The third kappa shape index (κ3) is 3.34. The smallest absolute Gasteiger partial charge is 0.240 e. The van der Waals surface area contributed by atoms with Crippen LogP contribution in [0.1, 0.15) is 12.0 Å². The van der Waals surface area contributed by atoms with Crippen LogP contribution in [0.2, 0.25) is 0 Å². The molecule has 1 N–H and O–H groups in total. The largest absolute Gasteiger partial charge is 0.350 e. The van der Waals surface area contributed by atoms with Gasteiger partial charge >= 0.3 is 0 Å². The number of hydrogen-bond donors (Lipinski definition) is 1. The highest BCUT2D eigenvalue weighted by molar-refractivity contribution is 7.07. The van der Waals surface area contributed by atoms with Gasteiger partial charge in [0.15, 0.2) is 0 Å². The van der Waals surface area contributed by atoms with Crippen molar-refractivity contribution in [1.29, 1.82) is 0 Å². The number of rotatable bonds is 5. The summed E-state index contributed by atoms with van der Waals surface area (Å²) in [6.07, 6.45) is 2.75. The topological polar surface area (TPSA) is 50.2 Å². The zero-order valence-corrected chi connectivity index (χ0v) is 14.2. The van der Waals surface area contributed by atoms with Gasteiger partial charge in [0, 0.05) is 25.7 Å². The highest BCUT2D eigenvalue weighted by Gasteiger charge is 2.24. The van der Waals surface area contributed by atoms with Gasteiger partial charge in [-0.3, -0.25) is 9.69 Å². The number of para-hydroxylation sites is 2. The summed E-state index contributed by atoms with van der Waals surface area (Å²) in [5, 5.41) is 7.47. The molecule has 0 saturated carbocycles. The highest BCUT2D eigenvalue weighted by Crippen LogP contribution is 2.16. The monoisotopic (exact) mass is 340 g/mol. The van der Waals surface area contributed by atoms with Gasteiger partial charge in [-0.25, -0.2) is 4.98 Å². The Hall–Kier alpha value is -2.18. The van der Waals surface area contributed by atoms with Crippen molar-refractivity contribution in [3.05, 3.63) is 53.0 Å². The van der Waals surface area contributed by atoms with E-state index in [4.69, 9.17) is 0 Å². The Labute approximate surface area is 144 Å². The third-order valence-electron chi connectivity index (χ3n) is 4.47. The number of nitrogens with one attached hydrogen (secondary N) is 1. The molecule has 5 nitrogen and oxygen atoms in total. The first kappa shape index (κ1) is 15.4. The molecule has 1 saturated heterocycles. The first-order valence-corrected chi connectivity index (χ1v) is 9.15. The van der Waals surface area contributed by atoms with E-state index in [1.165, 1.54) is 5.56 Å². The molecule has 1 unspecified atom stereocenters. The van der Waals surface area contributed by atoms with E-state index in [1.54, 1.807) is 17.7 Å². The summed E-state index contributed by atoms with van der Waals surface area (Å²) < 4.78 is 1.91. The van der Waals surface area contributed by atoms with Crippen molar-refractivity contribution in [2.75, 3.05) is 13.1 Å². The van der Waals surface area contributed by atoms with Gasteiger partial charge in [-0.15, -0.1) is 0 Å². The number of thiophene rings is 1. The van der Waals surface area contributed by atoms with Gasteiger partial charge in [0.2, 0.25) is 5.91 Å². The van der Waals surface area contributed by atoms with Gasteiger partial charge in [-0.05, 0) is 40.9 Å². The van der Waals surface area contributed by atoms with E-state index in [9.17, 15) is 4.79 Å². The SMILES string of the molecule is O=C(Cn1cnc2ccccc21)NC1CCN(Cc2ccsc2)C1. The summed E-state index contributed by atoms with van der Waals surface area (Å²) in [5.41, 5.74) is 3.28. The van der Waals surface area contributed by atoms with E-state index in [0.29, 0.717) is 6.54 Å². The fourth-order valence-corrected chi connectivity index (χ4v) is 3.96. The number of amides is 1. The van der Waals surface area contributed by atoms with Crippen molar-refractivity contribution in [1.82, 2.24) is 19.8 Å². The number of imidazole rings is 1. The maximum atomic E-state index is 12.4. The fourth-order valence-electron chi connectivity index (χ4n) is 3.30. The second-order valence-corrected chi connectivity index (χ2v) is 7.06. The normalized spacial score (nSPS) is 18.2. The minimum Gasteiger partial charge on any atom is -0.350 e. The summed E-state index contributed by atoms with van der Waals surface area (Å²) in [4.78, 5) is 19.1. The van der Waals surface area contributed by atoms with Crippen molar-refractivity contribution >= 4 is 28.3 Å². The molecule has 1 atom stereocenters. The molecular formula is C18H20N4OS. The number of fused-ring (bicyclic) bond motifs is 1. The molecule has 1 aliphatic rings. The Balaban J connectivity index is 1.32. The number of likely N-dealkylation sites (tertiary alicyclic amines) is 1. The lowest BCUT2D eigenvalue weighted by molar-refractivity contribution is -0.122. The van der Waals surface area contributed by atoms with Crippen LogP contribution in [0.25, 0.3) is 11.0 Å². The van der Waals surface area contributed by atoms with Crippen molar-refractivity contribution in [3.8, 4) is 0 Å². The van der Waals surface area contributed by atoms with Crippen molar-refractivity contribution in [3.63, 3.8) is 0 Å². The molecule has 0 spiro atoms. The van der Waals surface area contributed by atoms with E-state index in [-0.39, 0.29) is 11.9 Å². The van der Waals surface area contributed by atoms with Crippen LogP contribution < -0.4 is 5.32 Å². The summed E-state index contributed by atoms with van der Waals surface area (Å²) in [5.74, 6) is 0.0561. The first-order valence-electron chi connectivity index (χ1n) is 8.20. The molecule has 1 fully saturated rings. The van der Waals surface area contributed by atoms with E-state index in [0.717, 1.165) is 37.1 Å². The molecule has 124 valence electrons.